The first-order chi connectivity index (χ1) is 7.41. The van der Waals surface area contributed by atoms with Crippen LogP contribution in [0.1, 0.15) is 27.2 Å². The second kappa shape index (κ2) is 6.86. The Morgan fingerprint density at radius 1 is 1.62 bits per heavy atom. The van der Waals surface area contributed by atoms with E-state index in [0.29, 0.717) is 6.61 Å². The summed E-state index contributed by atoms with van der Waals surface area (Å²) in [5.74, 6) is 2.03. The predicted octanol–water partition coefficient (Wildman–Crippen LogP) is 1.83. The van der Waals surface area contributed by atoms with Crippen molar-refractivity contribution >= 4 is 5.97 Å². The second-order valence-electron chi connectivity index (χ2n) is 3.69. The number of esters is 1. The van der Waals surface area contributed by atoms with Gasteiger partial charge >= 0.3 is 5.97 Å². The van der Waals surface area contributed by atoms with Gasteiger partial charge in [0, 0.05) is 0 Å². The lowest BCUT2D eigenvalue weighted by Gasteiger charge is -2.17. The van der Waals surface area contributed by atoms with Crippen LogP contribution >= 0.6 is 0 Å². The summed E-state index contributed by atoms with van der Waals surface area (Å²) in [5, 5.41) is 9.83. The SMILES string of the molecule is C#C/C(C)=C/C=C/C(C)(O)CC(=O)OCC. The number of hydrogen-bond acceptors (Lipinski definition) is 3. The minimum absolute atomic E-state index is 0.0692. The largest absolute Gasteiger partial charge is 0.466 e. The van der Waals surface area contributed by atoms with E-state index in [2.05, 4.69) is 5.92 Å². The summed E-state index contributed by atoms with van der Waals surface area (Å²) in [5.41, 5.74) is -0.458. The normalized spacial score (nSPS) is 15.6. The van der Waals surface area contributed by atoms with Gasteiger partial charge in [0.2, 0.25) is 0 Å². The van der Waals surface area contributed by atoms with Crippen LogP contribution in [0, 0.1) is 12.3 Å². The maximum absolute atomic E-state index is 11.1. The minimum Gasteiger partial charge on any atom is -0.466 e. The van der Waals surface area contributed by atoms with Crippen molar-refractivity contribution < 1.29 is 14.6 Å². The summed E-state index contributed by atoms with van der Waals surface area (Å²) in [6.45, 7) is 5.36. The van der Waals surface area contributed by atoms with Crippen LogP contribution in [0.2, 0.25) is 0 Å². The maximum Gasteiger partial charge on any atom is 0.309 e. The fraction of sp³-hybridized carbons (Fsp3) is 0.462. The van der Waals surface area contributed by atoms with Gasteiger partial charge in [-0.2, -0.15) is 0 Å². The van der Waals surface area contributed by atoms with E-state index in [1.807, 2.05) is 0 Å². The highest BCUT2D eigenvalue weighted by molar-refractivity contribution is 5.71. The Hall–Kier alpha value is -1.53. The first-order valence-corrected chi connectivity index (χ1v) is 5.12. The third-order valence-electron chi connectivity index (χ3n) is 1.84. The lowest BCUT2D eigenvalue weighted by atomic mass is 10.0. The zero-order chi connectivity index (χ0) is 12.6. The van der Waals surface area contributed by atoms with E-state index in [0.717, 1.165) is 5.57 Å². The minimum atomic E-state index is -1.21. The van der Waals surface area contributed by atoms with E-state index >= 15 is 0 Å². The van der Waals surface area contributed by atoms with Crippen molar-refractivity contribution in [3.05, 3.63) is 23.8 Å². The zero-order valence-electron chi connectivity index (χ0n) is 9.99. The molecule has 0 aliphatic carbocycles. The Labute approximate surface area is 96.8 Å². The van der Waals surface area contributed by atoms with Gasteiger partial charge in [0.1, 0.15) is 0 Å². The van der Waals surface area contributed by atoms with Crippen molar-refractivity contribution in [1.82, 2.24) is 0 Å². The standard InChI is InChI=1S/C13H18O3/c1-5-11(3)8-7-9-13(4,15)10-12(14)16-6-2/h1,7-9,15H,6,10H2,2-4H3/b9-7+,11-8+. The molecule has 3 heteroatoms. The molecule has 0 saturated heterocycles. The maximum atomic E-state index is 11.1. The van der Waals surface area contributed by atoms with Gasteiger partial charge < -0.3 is 9.84 Å². The van der Waals surface area contributed by atoms with Crippen LogP contribution in [0.15, 0.2) is 23.8 Å². The Morgan fingerprint density at radius 3 is 2.75 bits per heavy atom. The topological polar surface area (TPSA) is 46.5 Å². The number of ether oxygens (including phenoxy) is 1. The highest BCUT2D eigenvalue weighted by atomic mass is 16.5. The summed E-state index contributed by atoms with van der Waals surface area (Å²) in [6.07, 6.45) is 9.93. The van der Waals surface area contributed by atoms with Gasteiger partial charge in [0.05, 0.1) is 18.6 Å². The molecule has 0 rings (SSSR count). The van der Waals surface area contributed by atoms with Gasteiger partial charge in [-0.25, -0.2) is 0 Å². The van der Waals surface area contributed by atoms with E-state index in [9.17, 15) is 9.90 Å². The number of allylic oxidation sites excluding steroid dienone is 3. The summed E-state index contributed by atoms with van der Waals surface area (Å²) < 4.78 is 4.75. The molecule has 0 amide bonds. The fourth-order valence-corrected chi connectivity index (χ4v) is 1.01. The number of terminal acetylenes is 1. The van der Waals surface area contributed by atoms with Gasteiger partial charge in [0.15, 0.2) is 0 Å². The lowest BCUT2D eigenvalue weighted by molar-refractivity contribution is -0.146. The highest BCUT2D eigenvalue weighted by Gasteiger charge is 2.21. The molecular formula is C13H18O3. The molecule has 0 aromatic rings. The van der Waals surface area contributed by atoms with Gasteiger partial charge in [-0.15, -0.1) is 6.42 Å². The van der Waals surface area contributed by atoms with Crippen molar-refractivity contribution in [1.29, 1.82) is 0 Å². The monoisotopic (exact) mass is 222 g/mol. The van der Waals surface area contributed by atoms with Crippen LogP contribution in [0.5, 0.6) is 0 Å². The first-order valence-electron chi connectivity index (χ1n) is 5.12. The van der Waals surface area contributed by atoms with E-state index < -0.39 is 11.6 Å². The molecule has 0 heterocycles. The van der Waals surface area contributed by atoms with Gasteiger partial charge in [-0.1, -0.05) is 24.1 Å². The Morgan fingerprint density at radius 2 is 2.25 bits per heavy atom. The molecule has 0 bridgehead atoms. The molecule has 3 nitrogen and oxygen atoms in total. The van der Waals surface area contributed by atoms with E-state index in [1.54, 1.807) is 32.9 Å². The van der Waals surface area contributed by atoms with Crippen molar-refractivity contribution in [3.63, 3.8) is 0 Å². The van der Waals surface area contributed by atoms with Gasteiger partial charge in [0.25, 0.3) is 0 Å². The molecule has 0 radical (unpaired) electrons. The number of carbonyl (C=O) groups is 1. The smallest absolute Gasteiger partial charge is 0.309 e. The number of rotatable bonds is 5. The molecule has 0 saturated carbocycles. The molecule has 88 valence electrons. The van der Waals surface area contributed by atoms with E-state index in [4.69, 9.17) is 11.2 Å². The van der Waals surface area contributed by atoms with Crippen LogP contribution in [0.3, 0.4) is 0 Å². The van der Waals surface area contributed by atoms with Gasteiger partial charge in [-0.05, 0) is 26.3 Å². The summed E-state index contributed by atoms with van der Waals surface area (Å²) in [4.78, 5) is 11.1. The number of hydrogen-bond donors (Lipinski definition) is 1. The summed E-state index contributed by atoms with van der Waals surface area (Å²) >= 11 is 0. The summed E-state index contributed by atoms with van der Waals surface area (Å²) in [6, 6.07) is 0. The second-order valence-corrected chi connectivity index (χ2v) is 3.69. The summed E-state index contributed by atoms with van der Waals surface area (Å²) in [7, 11) is 0. The van der Waals surface area contributed by atoms with E-state index in [-0.39, 0.29) is 6.42 Å². The molecule has 16 heavy (non-hydrogen) atoms. The van der Waals surface area contributed by atoms with Crippen LogP contribution in [0.25, 0.3) is 0 Å². The fourth-order valence-electron chi connectivity index (χ4n) is 1.01. The van der Waals surface area contributed by atoms with Crippen molar-refractivity contribution in [2.45, 2.75) is 32.8 Å². The number of aliphatic hydroxyl groups is 1. The predicted molar refractivity (Wildman–Crippen MR) is 63.6 cm³/mol. The molecule has 1 atom stereocenters. The van der Waals surface area contributed by atoms with Crippen LogP contribution < -0.4 is 0 Å². The van der Waals surface area contributed by atoms with Crippen LogP contribution in [-0.2, 0) is 9.53 Å². The average Bonchev–Trinajstić information content (AvgIpc) is 2.16. The van der Waals surface area contributed by atoms with Crippen molar-refractivity contribution in [2.75, 3.05) is 6.61 Å². The molecule has 1 N–H and O–H groups in total. The molecule has 0 aliphatic rings. The van der Waals surface area contributed by atoms with Crippen LogP contribution in [-0.4, -0.2) is 23.3 Å². The molecule has 0 aromatic heterocycles. The van der Waals surface area contributed by atoms with Crippen molar-refractivity contribution in [2.24, 2.45) is 0 Å². The average molecular weight is 222 g/mol. The number of carbonyl (C=O) groups excluding carboxylic acids is 1. The third-order valence-corrected chi connectivity index (χ3v) is 1.84. The lowest BCUT2D eigenvalue weighted by Crippen LogP contribution is -2.26. The van der Waals surface area contributed by atoms with Crippen molar-refractivity contribution in [3.8, 4) is 12.3 Å². The quantitative estimate of drug-likeness (QED) is 0.438. The Balaban J connectivity index is 4.35. The molecule has 0 aromatic carbocycles. The highest BCUT2D eigenvalue weighted by Crippen LogP contribution is 2.12. The molecule has 0 aliphatic heterocycles. The Bertz CT molecular complexity index is 330. The van der Waals surface area contributed by atoms with Gasteiger partial charge in [-0.3, -0.25) is 4.79 Å². The molecule has 1 unspecified atom stereocenters. The molecule has 0 spiro atoms. The molecular weight excluding hydrogens is 204 g/mol. The van der Waals surface area contributed by atoms with E-state index in [1.165, 1.54) is 6.08 Å². The Kier molecular flexibility index (Phi) is 6.21. The first kappa shape index (κ1) is 14.5. The zero-order valence-corrected chi connectivity index (χ0v) is 9.99. The van der Waals surface area contributed by atoms with Crippen LogP contribution in [0.4, 0.5) is 0 Å². The third kappa shape index (κ3) is 6.86. The molecule has 0 fully saturated rings.